The minimum atomic E-state index is -1.22. The Balaban J connectivity index is 2.14. The predicted octanol–water partition coefficient (Wildman–Crippen LogP) is -2.54. The van der Waals surface area contributed by atoms with Crippen LogP contribution in [0.5, 0.6) is 0 Å². The number of hydrogen-bond acceptors (Lipinski definition) is 7. The summed E-state index contributed by atoms with van der Waals surface area (Å²) in [6.45, 7) is -0.414. The highest BCUT2D eigenvalue weighted by Crippen LogP contribution is 2.28. The fraction of sp³-hybridized carbons (Fsp3) is 0.625. The van der Waals surface area contributed by atoms with E-state index in [1.165, 1.54) is 6.33 Å². The van der Waals surface area contributed by atoms with Gasteiger partial charge in [0.15, 0.2) is 6.23 Å². The molecule has 1 saturated heterocycles. The van der Waals surface area contributed by atoms with Crippen molar-refractivity contribution in [3.8, 4) is 0 Å². The quantitative estimate of drug-likeness (QED) is 0.429. The first-order chi connectivity index (χ1) is 8.17. The summed E-state index contributed by atoms with van der Waals surface area (Å²) in [7, 11) is 0. The van der Waals surface area contributed by atoms with Gasteiger partial charge in [-0.25, -0.2) is 9.67 Å². The fourth-order valence-electron chi connectivity index (χ4n) is 1.61. The van der Waals surface area contributed by atoms with Crippen LogP contribution in [0.2, 0.25) is 0 Å². The molecule has 94 valence electrons. The third-order valence-electron chi connectivity index (χ3n) is 2.47. The van der Waals surface area contributed by atoms with E-state index in [9.17, 15) is 15.0 Å². The second-order valence-corrected chi connectivity index (χ2v) is 3.54. The van der Waals surface area contributed by atoms with Crippen LogP contribution in [-0.4, -0.2) is 61.4 Å². The highest BCUT2D eigenvalue weighted by molar-refractivity contribution is 5.66. The molecule has 0 spiro atoms. The number of aliphatic hydroxyl groups is 3. The molecule has 9 heteroatoms. The Kier molecular flexibility index (Phi) is 3.33. The Morgan fingerprint density at radius 1 is 1.53 bits per heavy atom. The summed E-state index contributed by atoms with van der Waals surface area (Å²) in [5.74, 6) is 0.0535. The van der Waals surface area contributed by atoms with Crippen LogP contribution in [0.3, 0.4) is 0 Å². The van der Waals surface area contributed by atoms with E-state index >= 15 is 0 Å². The summed E-state index contributed by atoms with van der Waals surface area (Å²) in [4.78, 5) is 13.9. The van der Waals surface area contributed by atoms with Gasteiger partial charge >= 0.3 is 0 Å². The molecule has 0 saturated carbocycles. The molecular weight excluding hydrogens is 232 g/mol. The molecular formula is C8H12N4O5. The van der Waals surface area contributed by atoms with Crippen molar-refractivity contribution in [2.24, 2.45) is 0 Å². The Morgan fingerprint density at radius 3 is 2.88 bits per heavy atom. The number of nitrogens with zero attached hydrogens (tertiary/aromatic N) is 3. The number of carbonyl (C=O) groups excluding carboxylic acids is 1. The minimum absolute atomic E-state index is 0.0535. The Morgan fingerprint density at radius 2 is 2.29 bits per heavy atom. The van der Waals surface area contributed by atoms with Crippen LogP contribution in [0.25, 0.3) is 0 Å². The van der Waals surface area contributed by atoms with Gasteiger partial charge in [-0.15, -0.1) is 5.10 Å². The Labute approximate surface area is 95.6 Å². The molecule has 4 atom stereocenters. The second-order valence-electron chi connectivity index (χ2n) is 3.54. The number of hydrogen-bond donors (Lipinski definition) is 4. The lowest BCUT2D eigenvalue weighted by molar-refractivity contribution is -0.105. The lowest BCUT2D eigenvalue weighted by Crippen LogP contribution is -2.33. The molecule has 1 aliphatic heterocycles. The van der Waals surface area contributed by atoms with Crippen molar-refractivity contribution in [3.05, 3.63) is 6.33 Å². The monoisotopic (exact) mass is 244 g/mol. The lowest BCUT2D eigenvalue weighted by Gasteiger charge is -2.13. The van der Waals surface area contributed by atoms with Crippen molar-refractivity contribution in [2.45, 2.75) is 24.5 Å². The molecule has 4 N–H and O–H groups in total. The summed E-state index contributed by atoms with van der Waals surface area (Å²) in [6.07, 6.45) is -2.59. The maximum atomic E-state index is 10.2. The Bertz CT molecular complexity index is 397. The van der Waals surface area contributed by atoms with Crippen molar-refractivity contribution in [3.63, 3.8) is 0 Å². The molecule has 0 bridgehead atoms. The van der Waals surface area contributed by atoms with Crippen LogP contribution in [-0.2, 0) is 9.53 Å². The van der Waals surface area contributed by atoms with Crippen molar-refractivity contribution in [1.82, 2.24) is 14.8 Å². The van der Waals surface area contributed by atoms with Gasteiger partial charge in [0, 0.05) is 0 Å². The number of ether oxygens (including phenoxy) is 1. The minimum Gasteiger partial charge on any atom is -0.394 e. The number of aliphatic hydroxyl groups excluding tert-OH is 3. The number of anilines is 1. The van der Waals surface area contributed by atoms with Crippen molar-refractivity contribution in [2.75, 3.05) is 11.9 Å². The van der Waals surface area contributed by atoms with Crippen LogP contribution < -0.4 is 5.32 Å². The van der Waals surface area contributed by atoms with E-state index < -0.39 is 31.1 Å². The van der Waals surface area contributed by atoms with Gasteiger partial charge in [-0.1, -0.05) is 0 Å². The maximum absolute atomic E-state index is 10.2. The van der Waals surface area contributed by atoms with Gasteiger partial charge < -0.3 is 20.1 Å². The molecule has 0 radical (unpaired) electrons. The van der Waals surface area contributed by atoms with Crippen molar-refractivity contribution < 1.29 is 24.9 Å². The summed E-state index contributed by atoms with van der Waals surface area (Å²) in [5, 5.41) is 34.2. The number of rotatable bonds is 4. The van der Waals surface area contributed by atoms with Gasteiger partial charge in [0.05, 0.1) is 6.61 Å². The van der Waals surface area contributed by atoms with Crippen LogP contribution in [0, 0.1) is 0 Å². The van der Waals surface area contributed by atoms with Gasteiger partial charge in [0.25, 0.3) is 0 Å². The van der Waals surface area contributed by atoms with Crippen LogP contribution >= 0.6 is 0 Å². The summed E-state index contributed by atoms with van der Waals surface area (Å²) in [6, 6.07) is 0. The number of aromatic nitrogens is 3. The normalized spacial score (nSPS) is 32.6. The average molecular weight is 244 g/mol. The standard InChI is InChI=1S/C8H12N4O5/c13-1-4-5(15)6(16)7(17-4)12-2-9-8(11-12)10-3-14/h2-7,13,15-16H,1H2,(H,10,11,14)/t4-,5-,6-,7-/m1/s1. The summed E-state index contributed by atoms with van der Waals surface area (Å²) in [5.41, 5.74) is 0. The molecule has 2 heterocycles. The lowest BCUT2D eigenvalue weighted by atomic mass is 10.1. The summed E-state index contributed by atoms with van der Waals surface area (Å²) < 4.78 is 6.37. The van der Waals surface area contributed by atoms with E-state index in [-0.39, 0.29) is 5.95 Å². The van der Waals surface area contributed by atoms with Gasteiger partial charge in [0.2, 0.25) is 12.4 Å². The van der Waals surface area contributed by atoms with E-state index in [0.717, 1.165) is 4.68 Å². The third kappa shape index (κ3) is 2.13. The van der Waals surface area contributed by atoms with Gasteiger partial charge in [0.1, 0.15) is 24.6 Å². The molecule has 17 heavy (non-hydrogen) atoms. The molecule has 9 nitrogen and oxygen atoms in total. The predicted molar refractivity (Wildman–Crippen MR) is 52.7 cm³/mol. The third-order valence-corrected chi connectivity index (χ3v) is 2.47. The zero-order valence-corrected chi connectivity index (χ0v) is 8.67. The van der Waals surface area contributed by atoms with Gasteiger partial charge in [-0.3, -0.25) is 10.1 Å². The highest BCUT2D eigenvalue weighted by Gasteiger charge is 2.43. The molecule has 1 amide bonds. The smallest absolute Gasteiger partial charge is 0.248 e. The van der Waals surface area contributed by atoms with Gasteiger partial charge in [-0.2, -0.15) is 0 Å². The SMILES string of the molecule is O=CNc1ncn([C@@H]2O[C@H](CO)[C@@H](O)[C@H]2O)n1. The highest BCUT2D eigenvalue weighted by atomic mass is 16.6. The Hall–Kier alpha value is -1.55. The van der Waals surface area contributed by atoms with E-state index in [4.69, 9.17) is 9.84 Å². The van der Waals surface area contributed by atoms with Crippen LogP contribution in [0.4, 0.5) is 5.95 Å². The maximum Gasteiger partial charge on any atom is 0.248 e. The average Bonchev–Trinajstić information content (AvgIpc) is 2.87. The molecule has 0 aliphatic carbocycles. The molecule has 1 fully saturated rings. The number of carbonyl (C=O) groups is 1. The largest absolute Gasteiger partial charge is 0.394 e. The summed E-state index contributed by atoms with van der Waals surface area (Å²) >= 11 is 0. The first-order valence-corrected chi connectivity index (χ1v) is 4.91. The fourth-order valence-corrected chi connectivity index (χ4v) is 1.61. The molecule has 0 unspecified atom stereocenters. The zero-order chi connectivity index (χ0) is 12.4. The molecule has 2 rings (SSSR count). The molecule has 1 aliphatic rings. The van der Waals surface area contributed by atoms with Crippen molar-refractivity contribution in [1.29, 1.82) is 0 Å². The second kappa shape index (κ2) is 4.75. The molecule has 1 aromatic rings. The van der Waals surface area contributed by atoms with E-state index in [0.29, 0.717) is 6.41 Å². The van der Waals surface area contributed by atoms with E-state index in [1.54, 1.807) is 0 Å². The van der Waals surface area contributed by atoms with Gasteiger partial charge in [-0.05, 0) is 0 Å². The van der Waals surface area contributed by atoms with E-state index in [1.807, 2.05) is 0 Å². The first kappa shape index (κ1) is 11.9. The number of amides is 1. The van der Waals surface area contributed by atoms with Crippen LogP contribution in [0.1, 0.15) is 6.23 Å². The topological polar surface area (TPSA) is 130 Å². The van der Waals surface area contributed by atoms with Crippen LogP contribution in [0.15, 0.2) is 6.33 Å². The number of nitrogens with one attached hydrogen (secondary N) is 1. The first-order valence-electron chi connectivity index (χ1n) is 4.91. The van der Waals surface area contributed by atoms with Crippen molar-refractivity contribution >= 4 is 12.4 Å². The molecule has 1 aromatic heterocycles. The zero-order valence-electron chi connectivity index (χ0n) is 8.67. The van der Waals surface area contributed by atoms with E-state index in [2.05, 4.69) is 15.4 Å². The molecule has 0 aromatic carbocycles.